The maximum absolute atomic E-state index is 14.2. The molecular formula is C39H42F3N5O6S. The van der Waals surface area contributed by atoms with Gasteiger partial charge in [-0.3, -0.25) is 14.3 Å². The number of likely N-dealkylation sites (tertiary alicyclic amines) is 1. The van der Waals surface area contributed by atoms with Gasteiger partial charge in [-0.2, -0.15) is 18.3 Å². The van der Waals surface area contributed by atoms with E-state index in [4.69, 9.17) is 9.47 Å². The lowest BCUT2D eigenvalue weighted by Crippen LogP contribution is -2.41. The number of allylic oxidation sites excluding steroid dienone is 1. The molecule has 2 aromatic carbocycles. The number of aromatic nitrogens is 3. The summed E-state index contributed by atoms with van der Waals surface area (Å²) in [6.45, 7) is 2.30. The Morgan fingerprint density at radius 1 is 1.07 bits per heavy atom. The Morgan fingerprint density at radius 2 is 1.85 bits per heavy atom. The highest BCUT2D eigenvalue weighted by molar-refractivity contribution is 7.90. The number of halogens is 3. The van der Waals surface area contributed by atoms with Crippen LogP contribution in [0.4, 0.5) is 13.2 Å². The van der Waals surface area contributed by atoms with Crippen molar-refractivity contribution in [2.75, 3.05) is 20.3 Å². The predicted octanol–water partition coefficient (Wildman–Crippen LogP) is 6.76. The third kappa shape index (κ3) is 6.48. The molecule has 1 saturated carbocycles. The molecule has 11 nitrogen and oxygen atoms in total. The van der Waals surface area contributed by atoms with Crippen LogP contribution in [0.3, 0.4) is 0 Å². The molecule has 3 fully saturated rings. The second-order valence-electron chi connectivity index (χ2n) is 15.0. The number of nitrogens with zero attached hydrogens (tertiary/aromatic N) is 4. The highest BCUT2D eigenvalue weighted by Crippen LogP contribution is 2.48. The third-order valence-corrected chi connectivity index (χ3v) is 13.0. The van der Waals surface area contributed by atoms with Crippen molar-refractivity contribution in [3.05, 3.63) is 70.5 Å². The number of nitrogens with one attached hydrogen (secondary N) is 1. The Hall–Kier alpha value is -4.63. The van der Waals surface area contributed by atoms with E-state index < -0.39 is 39.8 Å². The molecule has 2 aromatic heterocycles. The zero-order valence-corrected chi connectivity index (χ0v) is 31.1. The molecule has 2 amide bonds. The van der Waals surface area contributed by atoms with Crippen LogP contribution in [0.2, 0.25) is 0 Å². The van der Waals surface area contributed by atoms with Gasteiger partial charge >= 0.3 is 6.18 Å². The molecule has 4 aliphatic rings. The maximum Gasteiger partial charge on any atom is 0.408 e. The standard InChI is InChI=1S/C39H42F3N5O6S/c1-22(2)54(50,51)44-37(48)24-9-11-31-33(15-24)46-18-26(13-25-14-28(52-3)10-12-30(25)36(46)34(31)23-7-5-4-6-8-23)35-32(17-43-47(35)21-39(40,41)42)38(49)45-19-29-16-27(45)20-53-29/h9-15,17,22-23,27,29H,4-8,16,18-21H2,1-3H3,(H,44,48)/t27-,29-/m0/s1. The van der Waals surface area contributed by atoms with Crippen molar-refractivity contribution in [3.8, 4) is 17.0 Å². The second-order valence-corrected chi connectivity index (χ2v) is 17.3. The molecule has 15 heteroatoms. The third-order valence-electron chi connectivity index (χ3n) is 11.3. The lowest BCUT2D eigenvalue weighted by molar-refractivity contribution is -0.142. The topological polar surface area (TPSA) is 125 Å². The maximum atomic E-state index is 14.2. The number of sulfonamides is 1. The largest absolute Gasteiger partial charge is 0.497 e. The van der Waals surface area contributed by atoms with Crippen molar-refractivity contribution >= 4 is 44.4 Å². The SMILES string of the molecule is COc1ccc2c(c1)C=C(c1c(C(=O)N3C[C@@H]4C[C@H]3CO4)cnn1CC(F)(F)F)Cn1c-2c(C2CCCCC2)c2ccc(C(=O)NS(=O)(=O)C(C)C)cc21. The number of rotatable bonds is 8. The molecule has 3 aliphatic heterocycles. The number of hydrogen-bond acceptors (Lipinski definition) is 7. The number of morpholine rings is 1. The number of alkyl halides is 3. The fraction of sp³-hybridized carbons (Fsp3) is 0.462. The van der Waals surface area contributed by atoms with E-state index >= 15 is 0 Å². The first-order chi connectivity index (χ1) is 25.7. The van der Waals surface area contributed by atoms with Crippen molar-refractivity contribution in [3.63, 3.8) is 0 Å². The zero-order valence-electron chi connectivity index (χ0n) is 30.3. The number of amides is 2. The van der Waals surface area contributed by atoms with E-state index in [1.54, 1.807) is 24.1 Å². The van der Waals surface area contributed by atoms with Crippen molar-refractivity contribution in [2.45, 2.75) is 95.0 Å². The quantitative estimate of drug-likeness (QED) is 0.210. The van der Waals surface area contributed by atoms with Crippen LogP contribution >= 0.6 is 0 Å². The average Bonchev–Trinajstić information content (AvgIpc) is 3.92. The molecule has 1 aliphatic carbocycles. The molecule has 0 spiro atoms. The van der Waals surface area contributed by atoms with E-state index in [1.807, 2.05) is 34.9 Å². The van der Waals surface area contributed by atoms with E-state index in [2.05, 4.69) is 9.82 Å². The minimum atomic E-state index is -4.63. The molecule has 2 saturated heterocycles. The Labute approximate surface area is 311 Å². The van der Waals surface area contributed by atoms with E-state index in [-0.39, 0.29) is 41.4 Å². The number of carbonyl (C=O) groups is 2. The first-order valence-corrected chi connectivity index (χ1v) is 19.9. The van der Waals surface area contributed by atoms with Crippen molar-refractivity contribution in [1.82, 2.24) is 24.0 Å². The monoisotopic (exact) mass is 765 g/mol. The Morgan fingerprint density at radius 3 is 2.52 bits per heavy atom. The molecular weight excluding hydrogens is 724 g/mol. The van der Waals surface area contributed by atoms with Gasteiger partial charge in [0.25, 0.3) is 11.8 Å². The van der Waals surface area contributed by atoms with Crippen LogP contribution in [0.1, 0.15) is 95.8 Å². The summed E-state index contributed by atoms with van der Waals surface area (Å²) in [6.07, 6.45) is 4.03. The summed E-state index contributed by atoms with van der Waals surface area (Å²) < 4.78 is 84.3. The average molecular weight is 766 g/mol. The lowest BCUT2D eigenvalue weighted by atomic mass is 9.81. The minimum Gasteiger partial charge on any atom is -0.497 e. The number of hydrogen-bond donors (Lipinski definition) is 1. The van der Waals surface area contributed by atoms with Gasteiger partial charge in [0.2, 0.25) is 10.0 Å². The van der Waals surface area contributed by atoms with Crippen LogP contribution in [-0.4, -0.2) is 83.3 Å². The van der Waals surface area contributed by atoms with E-state index in [1.165, 1.54) is 20.0 Å². The molecule has 0 unspecified atom stereocenters. The van der Waals surface area contributed by atoms with Gasteiger partial charge in [-0.1, -0.05) is 25.3 Å². The lowest BCUT2D eigenvalue weighted by Gasteiger charge is -2.27. The normalized spacial score (nSPS) is 20.2. The molecule has 0 radical (unpaired) electrons. The molecule has 2 atom stereocenters. The van der Waals surface area contributed by atoms with Gasteiger partial charge in [0.05, 0.1) is 60.8 Å². The molecule has 54 heavy (non-hydrogen) atoms. The van der Waals surface area contributed by atoms with E-state index in [0.717, 1.165) is 59.0 Å². The predicted molar refractivity (Wildman–Crippen MR) is 197 cm³/mol. The number of methoxy groups -OCH3 is 1. The van der Waals surface area contributed by atoms with Gasteiger partial charge < -0.3 is 18.9 Å². The van der Waals surface area contributed by atoms with Gasteiger partial charge in [-0.15, -0.1) is 0 Å². The van der Waals surface area contributed by atoms with Gasteiger partial charge in [0.15, 0.2) is 0 Å². The molecule has 286 valence electrons. The number of ether oxygens (including phenoxy) is 2. The summed E-state index contributed by atoms with van der Waals surface area (Å²) in [5.74, 6) is -0.478. The van der Waals surface area contributed by atoms with Crippen molar-refractivity contribution < 1.29 is 40.7 Å². The van der Waals surface area contributed by atoms with Gasteiger partial charge in [-0.05, 0) is 92.1 Å². The van der Waals surface area contributed by atoms with Crippen LogP contribution in [-0.2, 0) is 27.8 Å². The number of carbonyl (C=O) groups excluding carboxylic acids is 2. The Kier molecular flexibility index (Phi) is 9.15. The van der Waals surface area contributed by atoms with Crippen LogP contribution in [0.5, 0.6) is 5.75 Å². The smallest absolute Gasteiger partial charge is 0.408 e. The first-order valence-electron chi connectivity index (χ1n) is 18.4. The van der Waals surface area contributed by atoms with Gasteiger partial charge in [0.1, 0.15) is 12.3 Å². The van der Waals surface area contributed by atoms with Crippen LogP contribution in [0.25, 0.3) is 33.8 Å². The summed E-state index contributed by atoms with van der Waals surface area (Å²) in [4.78, 5) is 29.4. The Bertz CT molecular complexity index is 2300. The number of fused-ring (bicyclic) bond motifs is 7. The van der Waals surface area contributed by atoms with Crippen molar-refractivity contribution in [2.24, 2.45) is 0 Å². The van der Waals surface area contributed by atoms with E-state index in [0.29, 0.717) is 42.0 Å². The van der Waals surface area contributed by atoms with Gasteiger partial charge in [-0.25, -0.2) is 13.1 Å². The highest BCUT2D eigenvalue weighted by Gasteiger charge is 2.43. The molecule has 4 aromatic rings. The van der Waals surface area contributed by atoms with Gasteiger partial charge in [0, 0.05) is 28.6 Å². The summed E-state index contributed by atoms with van der Waals surface area (Å²) in [5.41, 5.74) is 4.72. The molecule has 2 bridgehead atoms. The molecule has 1 N–H and O–H groups in total. The second kappa shape index (κ2) is 13.6. The van der Waals surface area contributed by atoms with Crippen LogP contribution < -0.4 is 9.46 Å². The fourth-order valence-electron chi connectivity index (χ4n) is 8.61. The zero-order chi connectivity index (χ0) is 38.1. The molecule has 5 heterocycles. The highest BCUT2D eigenvalue weighted by atomic mass is 32.2. The van der Waals surface area contributed by atoms with Crippen molar-refractivity contribution in [1.29, 1.82) is 0 Å². The summed E-state index contributed by atoms with van der Waals surface area (Å²) in [7, 11) is -2.39. The first kappa shape index (κ1) is 36.4. The number of benzene rings is 2. The molecule has 8 rings (SSSR count). The summed E-state index contributed by atoms with van der Waals surface area (Å²) >= 11 is 0. The Balaban J connectivity index is 1.36. The fourth-order valence-corrected chi connectivity index (χ4v) is 9.22. The van der Waals surface area contributed by atoms with Crippen LogP contribution in [0, 0.1) is 0 Å². The summed E-state index contributed by atoms with van der Waals surface area (Å²) in [6, 6.07) is 10.6. The van der Waals surface area contributed by atoms with E-state index in [9.17, 15) is 31.2 Å². The van der Waals surface area contributed by atoms with Crippen LogP contribution in [0.15, 0.2) is 42.6 Å². The minimum absolute atomic E-state index is 0.0317. The summed E-state index contributed by atoms with van der Waals surface area (Å²) in [5, 5.41) is 4.20.